The molecule has 0 bridgehead atoms. The molecular weight excluding hydrogens is 292 g/mol. The lowest BCUT2D eigenvalue weighted by Crippen LogP contribution is -2.14. The molecule has 0 saturated heterocycles. The van der Waals surface area contributed by atoms with Crippen LogP contribution in [0.25, 0.3) is 0 Å². The Kier molecular flexibility index (Phi) is 5.46. The Labute approximate surface area is 134 Å². The third-order valence-corrected chi connectivity index (χ3v) is 2.91. The summed E-state index contributed by atoms with van der Waals surface area (Å²) >= 11 is 0. The molecule has 2 aromatic rings. The summed E-state index contributed by atoms with van der Waals surface area (Å²) in [6, 6.07) is 10.3. The van der Waals surface area contributed by atoms with Crippen molar-refractivity contribution >= 4 is 28.9 Å². The summed E-state index contributed by atoms with van der Waals surface area (Å²) in [4.78, 5) is 27.2. The van der Waals surface area contributed by atoms with Crippen LogP contribution in [-0.2, 0) is 4.79 Å². The van der Waals surface area contributed by atoms with E-state index in [9.17, 15) is 9.59 Å². The van der Waals surface area contributed by atoms with Gasteiger partial charge in [-0.05, 0) is 36.4 Å². The van der Waals surface area contributed by atoms with Gasteiger partial charge in [0.25, 0.3) is 5.91 Å². The number of pyridine rings is 1. The summed E-state index contributed by atoms with van der Waals surface area (Å²) in [6.45, 7) is 5.68. The van der Waals surface area contributed by atoms with E-state index in [0.29, 0.717) is 23.6 Å². The van der Waals surface area contributed by atoms with Crippen molar-refractivity contribution in [2.24, 2.45) is 0 Å². The summed E-state index contributed by atoms with van der Waals surface area (Å²) < 4.78 is 0. The van der Waals surface area contributed by atoms with Crippen LogP contribution in [0, 0.1) is 0 Å². The largest absolute Gasteiger partial charge is 0.381 e. The number of aromatic nitrogens is 1. The summed E-state index contributed by atoms with van der Waals surface area (Å²) in [6.07, 6.45) is 3.30. The van der Waals surface area contributed by atoms with Gasteiger partial charge in [-0.1, -0.05) is 6.08 Å². The van der Waals surface area contributed by atoms with Crippen molar-refractivity contribution < 1.29 is 9.59 Å². The number of anilines is 3. The van der Waals surface area contributed by atoms with Crippen LogP contribution in [0.15, 0.2) is 55.3 Å². The number of hydrogen-bond acceptors (Lipinski definition) is 4. The number of carbonyl (C=O) groups is 2. The summed E-state index contributed by atoms with van der Waals surface area (Å²) in [5.74, 6) is -0.450. The highest BCUT2D eigenvalue weighted by molar-refractivity contribution is 6.03. The average molecular weight is 310 g/mol. The Morgan fingerprint density at radius 2 is 1.74 bits per heavy atom. The molecule has 1 heterocycles. The standard InChI is InChI=1S/C17H18N4O2/c1-3-9-18-15-8-10-19-16(11-15)17(23)21-14-6-4-13(5-7-14)20-12(2)22/h3-8,10-11H,1,9H2,2H3,(H,18,19)(H,20,22)(H,21,23). The maximum Gasteiger partial charge on any atom is 0.274 e. The van der Waals surface area contributed by atoms with E-state index < -0.39 is 0 Å². The highest BCUT2D eigenvalue weighted by Crippen LogP contribution is 2.15. The SMILES string of the molecule is C=CCNc1ccnc(C(=O)Nc2ccc(NC(C)=O)cc2)c1. The van der Waals surface area contributed by atoms with Gasteiger partial charge in [-0.2, -0.15) is 0 Å². The van der Waals surface area contributed by atoms with Gasteiger partial charge in [0.15, 0.2) is 0 Å². The third-order valence-electron chi connectivity index (χ3n) is 2.91. The highest BCUT2D eigenvalue weighted by Gasteiger charge is 2.08. The first kappa shape index (κ1) is 16.2. The molecule has 6 heteroatoms. The van der Waals surface area contributed by atoms with E-state index in [1.807, 2.05) is 0 Å². The van der Waals surface area contributed by atoms with Crippen LogP contribution >= 0.6 is 0 Å². The molecule has 6 nitrogen and oxygen atoms in total. The Morgan fingerprint density at radius 1 is 1.09 bits per heavy atom. The average Bonchev–Trinajstić information content (AvgIpc) is 2.54. The molecule has 0 saturated carbocycles. The van der Waals surface area contributed by atoms with Gasteiger partial charge in [0.2, 0.25) is 5.91 Å². The lowest BCUT2D eigenvalue weighted by atomic mass is 10.2. The summed E-state index contributed by atoms with van der Waals surface area (Å²) in [5, 5.41) is 8.52. The van der Waals surface area contributed by atoms with E-state index in [1.54, 1.807) is 48.7 Å². The molecule has 0 aliphatic carbocycles. The maximum atomic E-state index is 12.2. The van der Waals surface area contributed by atoms with E-state index in [4.69, 9.17) is 0 Å². The molecule has 2 rings (SSSR count). The van der Waals surface area contributed by atoms with Gasteiger partial charge in [0.1, 0.15) is 5.69 Å². The van der Waals surface area contributed by atoms with Crippen LogP contribution in [0.4, 0.5) is 17.1 Å². The zero-order valence-electron chi connectivity index (χ0n) is 12.8. The minimum atomic E-state index is -0.306. The van der Waals surface area contributed by atoms with Gasteiger partial charge in [-0.25, -0.2) is 0 Å². The molecule has 0 radical (unpaired) electrons. The molecule has 0 spiro atoms. The molecule has 0 aliphatic rings. The molecule has 0 atom stereocenters. The van der Waals surface area contributed by atoms with E-state index in [1.165, 1.54) is 6.92 Å². The topological polar surface area (TPSA) is 83.1 Å². The van der Waals surface area contributed by atoms with Gasteiger partial charge in [-0.15, -0.1) is 6.58 Å². The van der Waals surface area contributed by atoms with Gasteiger partial charge < -0.3 is 16.0 Å². The normalized spacial score (nSPS) is 9.78. The first-order valence-corrected chi connectivity index (χ1v) is 7.08. The molecule has 23 heavy (non-hydrogen) atoms. The Bertz CT molecular complexity index is 711. The highest BCUT2D eigenvalue weighted by atomic mass is 16.2. The van der Waals surface area contributed by atoms with Crippen LogP contribution in [-0.4, -0.2) is 23.3 Å². The van der Waals surface area contributed by atoms with Crippen LogP contribution in [0.5, 0.6) is 0 Å². The van der Waals surface area contributed by atoms with Crippen molar-refractivity contribution in [1.82, 2.24) is 4.98 Å². The van der Waals surface area contributed by atoms with Crippen molar-refractivity contribution in [3.05, 3.63) is 60.9 Å². The number of hydrogen-bond donors (Lipinski definition) is 3. The smallest absolute Gasteiger partial charge is 0.274 e. The molecule has 0 unspecified atom stereocenters. The Balaban J connectivity index is 2.03. The number of rotatable bonds is 6. The molecule has 1 aromatic heterocycles. The van der Waals surface area contributed by atoms with Crippen LogP contribution in [0.2, 0.25) is 0 Å². The molecule has 2 amide bonds. The van der Waals surface area contributed by atoms with Crippen molar-refractivity contribution in [2.45, 2.75) is 6.92 Å². The molecule has 0 fully saturated rings. The van der Waals surface area contributed by atoms with Gasteiger partial charge in [0, 0.05) is 36.7 Å². The molecular formula is C17H18N4O2. The maximum absolute atomic E-state index is 12.2. The predicted octanol–water partition coefficient (Wildman–Crippen LogP) is 2.89. The van der Waals surface area contributed by atoms with E-state index >= 15 is 0 Å². The van der Waals surface area contributed by atoms with E-state index in [-0.39, 0.29) is 11.8 Å². The monoisotopic (exact) mass is 310 g/mol. The van der Waals surface area contributed by atoms with E-state index in [2.05, 4.69) is 27.5 Å². The van der Waals surface area contributed by atoms with Gasteiger partial charge in [-0.3, -0.25) is 14.6 Å². The Morgan fingerprint density at radius 3 is 2.35 bits per heavy atom. The molecule has 118 valence electrons. The molecule has 1 aromatic carbocycles. The number of nitrogens with one attached hydrogen (secondary N) is 3. The molecule has 3 N–H and O–H groups in total. The fourth-order valence-electron chi connectivity index (χ4n) is 1.89. The van der Waals surface area contributed by atoms with Crippen LogP contribution in [0.3, 0.4) is 0 Å². The quantitative estimate of drug-likeness (QED) is 0.716. The second-order valence-corrected chi connectivity index (χ2v) is 4.81. The number of benzene rings is 1. The lowest BCUT2D eigenvalue weighted by molar-refractivity contribution is -0.114. The molecule has 0 aliphatic heterocycles. The second-order valence-electron chi connectivity index (χ2n) is 4.81. The zero-order chi connectivity index (χ0) is 16.7. The van der Waals surface area contributed by atoms with Crippen molar-refractivity contribution in [3.63, 3.8) is 0 Å². The number of carbonyl (C=O) groups excluding carboxylic acids is 2. The van der Waals surface area contributed by atoms with Crippen molar-refractivity contribution in [3.8, 4) is 0 Å². The second kappa shape index (κ2) is 7.74. The minimum Gasteiger partial charge on any atom is -0.381 e. The minimum absolute atomic E-state index is 0.144. The fraction of sp³-hybridized carbons (Fsp3) is 0.118. The third kappa shape index (κ3) is 4.96. The zero-order valence-corrected chi connectivity index (χ0v) is 12.8. The van der Waals surface area contributed by atoms with Crippen molar-refractivity contribution in [2.75, 3.05) is 22.5 Å². The van der Waals surface area contributed by atoms with Gasteiger partial charge in [0.05, 0.1) is 0 Å². The van der Waals surface area contributed by atoms with Crippen LogP contribution < -0.4 is 16.0 Å². The lowest BCUT2D eigenvalue weighted by Gasteiger charge is -2.08. The summed E-state index contributed by atoms with van der Waals surface area (Å²) in [7, 11) is 0. The predicted molar refractivity (Wildman–Crippen MR) is 91.6 cm³/mol. The summed E-state index contributed by atoms with van der Waals surface area (Å²) in [5.41, 5.74) is 2.40. The van der Waals surface area contributed by atoms with Crippen molar-refractivity contribution in [1.29, 1.82) is 0 Å². The Hall–Kier alpha value is -3.15. The fourth-order valence-corrected chi connectivity index (χ4v) is 1.89. The number of amides is 2. The number of nitrogens with zero attached hydrogens (tertiary/aromatic N) is 1. The first-order valence-electron chi connectivity index (χ1n) is 7.08. The first-order chi connectivity index (χ1) is 11.1. The van der Waals surface area contributed by atoms with Gasteiger partial charge >= 0.3 is 0 Å². The van der Waals surface area contributed by atoms with Crippen LogP contribution in [0.1, 0.15) is 17.4 Å². The van der Waals surface area contributed by atoms with E-state index in [0.717, 1.165) is 5.69 Å².